The van der Waals surface area contributed by atoms with Gasteiger partial charge in [-0.25, -0.2) is 0 Å². The molecule has 0 spiro atoms. The zero-order chi connectivity index (χ0) is 14.4. The maximum atomic E-state index is 11.1. The summed E-state index contributed by atoms with van der Waals surface area (Å²) < 4.78 is 5.23. The lowest BCUT2D eigenvalue weighted by Gasteiger charge is -2.07. The number of primary amides is 1. The second-order valence-corrected chi connectivity index (χ2v) is 3.82. The van der Waals surface area contributed by atoms with E-state index in [9.17, 15) is 14.9 Å². The predicted molar refractivity (Wildman–Crippen MR) is 71.8 cm³/mol. The summed E-state index contributed by atoms with van der Waals surface area (Å²) in [6.45, 7) is 0.121. The molecule has 0 saturated carbocycles. The molecule has 0 unspecified atom stereocenters. The van der Waals surface area contributed by atoms with E-state index in [0.29, 0.717) is 6.32 Å². The van der Waals surface area contributed by atoms with E-state index in [4.69, 9.17) is 29.9 Å². The molecule has 0 aliphatic rings. The fourth-order valence-corrected chi connectivity index (χ4v) is 1.50. The van der Waals surface area contributed by atoms with E-state index in [1.807, 2.05) is 0 Å². The van der Waals surface area contributed by atoms with Gasteiger partial charge in [-0.15, -0.1) is 0 Å². The first-order chi connectivity index (χ1) is 8.97. The van der Waals surface area contributed by atoms with Crippen LogP contribution < -0.4 is 10.5 Å². The highest BCUT2D eigenvalue weighted by Crippen LogP contribution is 2.35. The summed E-state index contributed by atoms with van der Waals surface area (Å²) in [6.07, 6.45) is 3.62. The van der Waals surface area contributed by atoms with Crippen molar-refractivity contribution >= 4 is 31.0 Å². The van der Waals surface area contributed by atoms with Crippen molar-refractivity contribution in [3.8, 4) is 5.75 Å². The van der Waals surface area contributed by atoms with Gasteiger partial charge < -0.3 is 10.5 Å². The second-order valence-electron chi connectivity index (χ2n) is 3.45. The van der Waals surface area contributed by atoms with Gasteiger partial charge in [0.05, 0.1) is 12.8 Å². The average molecular weight is 280 g/mol. The molecule has 2 radical (unpaired) electrons. The Hall–Kier alpha value is -2.02. The van der Waals surface area contributed by atoms with Crippen LogP contribution >= 0.6 is 11.6 Å². The van der Waals surface area contributed by atoms with Crippen molar-refractivity contribution in [2.75, 3.05) is 6.61 Å². The smallest absolute Gasteiger partial charge is 0.292 e. The maximum absolute atomic E-state index is 11.1. The third-order valence-corrected chi connectivity index (χ3v) is 2.52. The summed E-state index contributed by atoms with van der Waals surface area (Å²) in [6, 6.07) is 2.27. The quantitative estimate of drug-likeness (QED) is 0.372. The summed E-state index contributed by atoms with van der Waals surface area (Å²) in [5.74, 6) is -0.784. The number of benzene rings is 1. The van der Waals surface area contributed by atoms with Gasteiger partial charge in [0.25, 0.3) is 5.69 Å². The van der Waals surface area contributed by atoms with Crippen LogP contribution in [0.5, 0.6) is 5.75 Å². The lowest BCUT2D eigenvalue weighted by molar-refractivity contribution is -0.384. The van der Waals surface area contributed by atoms with Gasteiger partial charge in [0, 0.05) is 11.6 Å². The Labute approximate surface area is 115 Å². The van der Waals surface area contributed by atoms with Crippen molar-refractivity contribution in [2.45, 2.75) is 6.32 Å². The third kappa shape index (κ3) is 3.99. The first-order valence-electron chi connectivity index (χ1n) is 5.23. The minimum Gasteiger partial charge on any atom is -0.488 e. The van der Waals surface area contributed by atoms with Crippen LogP contribution in [0.1, 0.15) is 10.4 Å². The molecule has 6 nitrogen and oxygen atoms in total. The molecule has 0 aliphatic heterocycles. The Morgan fingerprint density at radius 1 is 1.53 bits per heavy atom. The summed E-state index contributed by atoms with van der Waals surface area (Å²) >= 11 is 5.83. The number of amides is 1. The Bertz CT molecular complexity index is 534. The molecule has 0 aliphatic carbocycles. The first-order valence-corrected chi connectivity index (χ1v) is 5.60. The number of hydrogen-bond donors (Lipinski definition) is 1. The molecule has 0 bridgehead atoms. The van der Waals surface area contributed by atoms with Crippen LogP contribution in [-0.4, -0.2) is 25.3 Å². The Kier molecular flexibility index (Phi) is 5.38. The highest BCUT2D eigenvalue weighted by Gasteiger charge is 2.20. The van der Waals surface area contributed by atoms with E-state index in [1.165, 1.54) is 6.07 Å². The maximum Gasteiger partial charge on any atom is 0.292 e. The van der Waals surface area contributed by atoms with E-state index >= 15 is 0 Å². The molecular formula is C11H10BClN2O4. The number of carbonyl (C=O) groups is 1. The van der Waals surface area contributed by atoms with Crippen molar-refractivity contribution in [3.05, 3.63) is 45.0 Å². The van der Waals surface area contributed by atoms with Crippen molar-refractivity contribution < 1.29 is 14.5 Å². The molecule has 1 aromatic rings. The molecule has 1 amide bonds. The highest BCUT2D eigenvalue weighted by molar-refractivity contribution is 6.34. The summed E-state index contributed by atoms with van der Waals surface area (Å²) in [5.41, 5.74) is 4.61. The largest absolute Gasteiger partial charge is 0.488 e. The molecule has 2 N–H and O–H groups in total. The van der Waals surface area contributed by atoms with Gasteiger partial charge in [-0.1, -0.05) is 30.1 Å². The average Bonchev–Trinajstić information content (AvgIpc) is 2.35. The van der Waals surface area contributed by atoms with E-state index in [1.54, 1.807) is 12.2 Å². The van der Waals surface area contributed by atoms with E-state index < -0.39 is 16.5 Å². The standard InChI is InChI=1S/C11H10BClN2O4/c12-3-1-2-4-19-9-6-7(11(14)16)5-8(10(9)13)15(17)18/h1-2,5-6H,3-4H2,(H2,14,16)/b2-1-. The monoisotopic (exact) mass is 280 g/mol. The molecule has 8 heteroatoms. The van der Waals surface area contributed by atoms with Gasteiger partial charge >= 0.3 is 0 Å². The fraction of sp³-hybridized carbons (Fsp3) is 0.182. The number of carbonyl (C=O) groups excluding carboxylic acids is 1. The van der Waals surface area contributed by atoms with Gasteiger partial charge in [-0.3, -0.25) is 14.9 Å². The molecule has 19 heavy (non-hydrogen) atoms. The Morgan fingerprint density at radius 2 is 2.21 bits per heavy atom. The number of nitrogens with zero attached hydrogens (tertiary/aromatic N) is 1. The zero-order valence-electron chi connectivity index (χ0n) is 9.84. The summed E-state index contributed by atoms with van der Waals surface area (Å²) in [4.78, 5) is 21.2. The number of nitrogens with two attached hydrogens (primary N) is 1. The Balaban J connectivity index is 3.11. The van der Waals surface area contributed by atoms with Crippen molar-refractivity contribution in [1.82, 2.24) is 0 Å². The van der Waals surface area contributed by atoms with Crippen LogP contribution in [0.15, 0.2) is 24.3 Å². The first kappa shape index (κ1) is 15.0. The molecule has 0 saturated heterocycles. The van der Waals surface area contributed by atoms with Crippen LogP contribution in [0.3, 0.4) is 0 Å². The van der Waals surface area contributed by atoms with Crippen LogP contribution in [0.4, 0.5) is 5.69 Å². The molecule has 0 heterocycles. The van der Waals surface area contributed by atoms with Crippen LogP contribution in [0.25, 0.3) is 0 Å². The van der Waals surface area contributed by atoms with Crippen molar-refractivity contribution in [1.29, 1.82) is 0 Å². The molecule has 1 aromatic carbocycles. The number of ether oxygens (including phenoxy) is 1. The van der Waals surface area contributed by atoms with Crippen LogP contribution in [0.2, 0.25) is 11.3 Å². The predicted octanol–water partition coefficient (Wildman–Crippen LogP) is 1.87. The molecule has 1 rings (SSSR count). The lowest BCUT2D eigenvalue weighted by Crippen LogP contribution is -2.12. The summed E-state index contributed by atoms with van der Waals surface area (Å²) in [5, 5.41) is 10.6. The van der Waals surface area contributed by atoms with E-state index in [2.05, 4.69) is 0 Å². The van der Waals surface area contributed by atoms with Gasteiger partial charge in [0.2, 0.25) is 5.91 Å². The Morgan fingerprint density at radius 3 is 2.74 bits per heavy atom. The number of halogens is 1. The highest BCUT2D eigenvalue weighted by atomic mass is 35.5. The van der Waals surface area contributed by atoms with Gasteiger partial charge in [0.15, 0.2) is 5.02 Å². The van der Waals surface area contributed by atoms with Gasteiger partial charge in [0.1, 0.15) is 12.4 Å². The normalized spacial score (nSPS) is 10.6. The minimum absolute atomic E-state index is 0.0198. The lowest BCUT2D eigenvalue weighted by atomic mass is 10.1. The SMILES string of the molecule is [B]C/C=C\COc1cc(C(N)=O)cc([N+](=O)[O-])c1Cl. The van der Waals surface area contributed by atoms with Crippen LogP contribution in [0, 0.1) is 10.1 Å². The topological polar surface area (TPSA) is 95.5 Å². The van der Waals surface area contributed by atoms with Gasteiger partial charge in [-0.2, -0.15) is 0 Å². The van der Waals surface area contributed by atoms with Crippen molar-refractivity contribution in [3.63, 3.8) is 0 Å². The molecular weight excluding hydrogens is 270 g/mol. The van der Waals surface area contributed by atoms with E-state index in [-0.39, 0.29) is 22.9 Å². The third-order valence-electron chi connectivity index (χ3n) is 2.14. The minimum atomic E-state index is -0.804. The van der Waals surface area contributed by atoms with Crippen molar-refractivity contribution in [2.24, 2.45) is 5.73 Å². The van der Waals surface area contributed by atoms with Crippen LogP contribution in [-0.2, 0) is 0 Å². The molecule has 0 atom stereocenters. The van der Waals surface area contributed by atoms with E-state index in [0.717, 1.165) is 6.07 Å². The molecule has 0 fully saturated rings. The zero-order valence-corrected chi connectivity index (χ0v) is 10.6. The second kappa shape index (κ2) is 6.79. The summed E-state index contributed by atoms with van der Waals surface area (Å²) in [7, 11) is 5.25. The molecule has 0 aromatic heterocycles. The number of hydrogen-bond acceptors (Lipinski definition) is 4. The van der Waals surface area contributed by atoms with Gasteiger partial charge in [-0.05, 0) is 6.07 Å². The number of rotatable bonds is 6. The molecule has 98 valence electrons. The number of nitro groups is 1. The number of nitro benzene ring substituents is 1. The number of allylic oxidation sites excluding steroid dienone is 1. The fourth-order valence-electron chi connectivity index (χ4n) is 1.27.